The third-order valence-electron chi connectivity index (χ3n) is 12.3. The van der Waals surface area contributed by atoms with Crippen molar-refractivity contribution in [2.24, 2.45) is 0 Å². The SMILES string of the molecule is c1ccc(-c2ccc3c(c2)sc2c4ccccc4cc(-c4nc(-c5ccc6ccccc6c5)nc(-c5cc6ccccc6c6sc7cc(-c8ccccc8)ccc7c56)n4)c32)cc1. The van der Waals surface area contributed by atoms with Crippen LogP contribution in [0.1, 0.15) is 0 Å². The minimum Gasteiger partial charge on any atom is -0.208 e. The predicted molar refractivity (Wildman–Crippen MR) is 265 cm³/mol. The molecule has 0 N–H and O–H groups in total. The van der Waals surface area contributed by atoms with Gasteiger partial charge < -0.3 is 0 Å². The molecule has 0 bridgehead atoms. The quantitative estimate of drug-likeness (QED) is 0.174. The fourth-order valence-electron chi connectivity index (χ4n) is 9.27. The van der Waals surface area contributed by atoms with Gasteiger partial charge in [-0.15, -0.1) is 22.7 Å². The van der Waals surface area contributed by atoms with Gasteiger partial charge in [0.2, 0.25) is 0 Å². The van der Waals surface area contributed by atoms with E-state index in [9.17, 15) is 0 Å². The number of thiophene rings is 2. The van der Waals surface area contributed by atoms with Crippen molar-refractivity contribution in [2.45, 2.75) is 0 Å². The highest BCUT2D eigenvalue weighted by Gasteiger charge is 2.23. The molecule has 10 aromatic carbocycles. The molecule has 3 heterocycles. The van der Waals surface area contributed by atoms with Crippen LogP contribution in [0.3, 0.4) is 0 Å². The summed E-state index contributed by atoms with van der Waals surface area (Å²) >= 11 is 3.69. The van der Waals surface area contributed by atoms with Crippen molar-refractivity contribution in [3.05, 3.63) is 200 Å². The first-order chi connectivity index (χ1) is 30.7. The van der Waals surface area contributed by atoms with Crippen molar-refractivity contribution in [3.63, 3.8) is 0 Å². The highest BCUT2D eigenvalue weighted by Crippen LogP contribution is 2.47. The zero-order valence-corrected chi connectivity index (χ0v) is 34.8. The summed E-state index contributed by atoms with van der Waals surface area (Å²) in [6.07, 6.45) is 0. The van der Waals surface area contributed by atoms with E-state index < -0.39 is 0 Å². The Morgan fingerprint density at radius 1 is 0.274 bits per heavy atom. The van der Waals surface area contributed by atoms with Gasteiger partial charge in [-0.1, -0.05) is 170 Å². The standard InChI is InChI=1S/C57H33N3S2/c1-3-13-34(14-4-1)38-25-27-45-49(32-38)61-53-43-21-11-9-19-40(43)30-47(51(45)53)56-58-55(42-24-23-36-17-7-8-18-37(36)29-42)59-57(60-56)48-31-41-20-10-12-22-44(41)54-52(48)46-28-26-39(33-50(46)62-54)35-15-5-2-6-16-35/h1-33H. The molecule has 5 heteroatoms. The number of fused-ring (bicyclic) bond motifs is 11. The molecule has 0 radical (unpaired) electrons. The highest BCUT2D eigenvalue weighted by atomic mass is 32.1. The molecule has 288 valence electrons. The van der Waals surface area contributed by atoms with Gasteiger partial charge in [0.15, 0.2) is 17.5 Å². The Labute approximate surface area is 364 Å². The maximum atomic E-state index is 5.57. The van der Waals surface area contributed by atoms with Crippen molar-refractivity contribution in [1.82, 2.24) is 15.0 Å². The second-order valence-corrected chi connectivity index (χ2v) is 18.0. The van der Waals surface area contributed by atoms with Gasteiger partial charge in [0.25, 0.3) is 0 Å². The lowest BCUT2D eigenvalue weighted by atomic mass is 9.97. The Morgan fingerprint density at radius 2 is 0.710 bits per heavy atom. The molecule has 0 unspecified atom stereocenters. The molecular weight excluding hydrogens is 791 g/mol. The minimum absolute atomic E-state index is 0.648. The van der Waals surface area contributed by atoms with Gasteiger partial charge in [0.1, 0.15) is 0 Å². The summed E-state index contributed by atoms with van der Waals surface area (Å²) < 4.78 is 4.94. The summed E-state index contributed by atoms with van der Waals surface area (Å²) in [7, 11) is 0. The topological polar surface area (TPSA) is 38.7 Å². The zero-order valence-electron chi connectivity index (χ0n) is 33.2. The van der Waals surface area contributed by atoms with Crippen LogP contribution in [0.5, 0.6) is 0 Å². The maximum absolute atomic E-state index is 5.57. The van der Waals surface area contributed by atoms with Crippen molar-refractivity contribution < 1.29 is 0 Å². The van der Waals surface area contributed by atoms with Crippen LogP contribution in [0.15, 0.2) is 200 Å². The van der Waals surface area contributed by atoms with E-state index in [0.29, 0.717) is 17.5 Å². The summed E-state index contributed by atoms with van der Waals surface area (Å²) in [4.78, 5) is 16.4. The Hall–Kier alpha value is -7.57. The molecule has 0 spiro atoms. The fraction of sp³-hybridized carbons (Fsp3) is 0. The average molecular weight is 824 g/mol. The van der Waals surface area contributed by atoms with Gasteiger partial charge >= 0.3 is 0 Å². The first-order valence-corrected chi connectivity index (χ1v) is 22.5. The molecular formula is C57H33N3S2. The lowest BCUT2D eigenvalue weighted by molar-refractivity contribution is 1.08. The molecule has 13 aromatic rings. The van der Waals surface area contributed by atoms with Gasteiger partial charge in [0.05, 0.1) is 0 Å². The van der Waals surface area contributed by atoms with Gasteiger partial charge in [0, 0.05) is 57.0 Å². The molecule has 62 heavy (non-hydrogen) atoms. The van der Waals surface area contributed by atoms with E-state index in [1.807, 2.05) is 22.7 Å². The third kappa shape index (κ3) is 5.67. The fourth-order valence-corrected chi connectivity index (χ4v) is 11.9. The van der Waals surface area contributed by atoms with Gasteiger partial charge in [-0.3, -0.25) is 0 Å². The second kappa shape index (κ2) is 14.0. The first kappa shape index (κ1) is 35.2. The maximum Gasteiger partial charge on any atom is 0.164 e. The second-order valence-electron chi connectivity index (χ2n) is 15.9. The van der Waals surface area contributed by atoms with Crippen LogP contribution in [0.25, 0.3) is 129 Å². The summed E-state index contributed by atoms with van der Waals surface area (Å²) in [5, 5.41) is 11.8. The van der Waals surface area contributed by atoms with E-state index in [1.54, 1.807) is 0 Å². The molecule has 0 amide bonds. The Balaban J connectivity index is 1.11. The summed E-state index contributed by atoms with van der Waals surface area (Å²) in [6, 6.07) is 72.0. The molecule has 0 aliphatic rings. The summed E-state index contributed by atoms with van der Waals surface area (Å²) in [5.74, 6) is 1.97. The van der Waals surface area contributed by atoms with E-state index in [0.717, 1.165) is 32.8 Å². The predicted octanol–water partition coefficient (Wildman–Crippen LogP) is 16.4. The van der Waals surface area contributed by atoms with Crippen LogP contribution in [-0.4, -0.2) is 15.0 Å². The highest BCUT2D eigenvalue weighted by molar-refractivity contribution is 7.27. The summed E-state index contributed by atoms with van der Waals surface area (Å²) in [5.41, 5.74) is 7.78. The summed E-state index contributed by atoms with van der Waals surface area (Å²) in [6.45, 7) is 0. The Bertz CT molecular complexity index is 3710. The van der Waals surface area contributed by atoms with Crippen LogP contribution in [0.2, 0.25) is 0 Å². The minimum atomic E-state index is 0.648. The van der Waals surface area contributed by atoms with E-state index in [1.165, 1.54) is 78.8 Å². The largest absolute Gasteiger partial charge is 0.208 e. The Kier molecular flexibility index (Phi) is 7.95. The van der Waals surface area contributed by atoms with Crippen LogP contribution in [0, 0.1) is 0 Å². The molecule has 0 aliphatic carbocycles. The number of benzene rings is 10. The average Bonchev–Trinajstić information content (AvgIpc) is 3.93. The molecule has 3 aromatic heterocycles. The molecule has 13 rings (SSSR count). The van der Waals surface area contributed by atoms with Crippen LogP contribution < -0.4 is 0 Å². The lowest BCUT2D eigenvalue weighted by Crippen LogP contribution is -2.01. The normalized spacial score (nSPS) is 11.9. The van der Waals surface area contributed by atoms with Crippen LogP contribution >= 0.6 is 22.7 Å². The van der Waals surface area contributed by atoms with Crippen molar-refractivity contribution >= 4 is 95.3 Å². The van der Waals surface area contributed by atoms with Crippen molar-refractivity contribution in [1.29, 1.82) is 0 Å². The van der Waals surface area contributed by atoms with E-state index in [4.69, 9.17) is 15.0 Å². The number of rotatable bonds is 5. The first-order valence-electron chi connectivity index (χ1n) is 20.8. The number of hydrogen-bond donors (Lipinski definition) is 0. The van der Waals surface area contributed by atoms with Gasteiger partial charge in [-0.2, -0.15) is 0 Å². The third-order valence-corrected chi connectivity index (χ3v) is 14.6. The molecule has 0 atom stereocenters. The van der Waals surface area contributed by atoms with E-state index in [-0.39, 0.29) is 0 Å². The molecule has 0 saturated heterocycles. The molecule has 3 nitrogen and oxygen atoms in total. The van der Waals surface area contributed by atoms with E-state index in [2.05, 4.69) is 200 Å². The number of hydrogen-bond acceptors (Lipinski definition) is 5. The monoisotopic (exact) mass is 823 g/mol. The van der Waals surface area contributed by atoms with Crippen molar-refractivity contribution in [2.75, 3.05) is 0 Å². The molecule has 0 saturated carbocycles. The smallest absolute Gasteiger partial charge is 0.164 e. The van der Waals surface area contributed by atoms with Crippen molar-refractivity contribution in [3.8, 4) is 56.4 Å². The zero-order chi connectivity index (χ0) is 40.7. The lowest BCUT2D eigenvalue weighted by Gasteiger charge is -2.13. The van der Waals surface area contributed by atoms with E-state index >= 15 is 0 Å². The Morgan fingerprint density at radius 3 is 1.24 bits per heavy atom. The molecule has 0 aliphatic heterocycles. The van der Waals surface area contributed by atoms with Gasteiger partial charge in [-0.25, -0.2) is 15.0 Å². The van der Waals surface area contributed by atoms with Crippen LogP contribution in [0.4, 0.5) is 0 Å². The number of nitrogens with zero attached hydrogens (tertiary/aromatic N) is 3. The van der Waals surface area contributed by atoms with Crippen LogP contribution in [-0.2, 0) is 0 Å². The molecule has 0 fully saturated rings. The number of aromatic nitrogens is 3. The van der Waals surface area contributed by atoms with Gasteiger partial charge in [-0.05, 0) is 84.9 Å².